The Morgan fingerprint density at radius 1 is 1.26 bits per heavy atom. The van der Waals surface area contributed by atoms with Crippen LogP contribution in [0, 0.1) is 5.92 Å². The number of piperidine rings is 1. The van der Waals surface area contributed by atoms with Gasteiger partial charge in [0, 0.05) is 36.7 Å². The minimum atomic E-state index is -3.49. The number of amides is 2. The number of aromatic nitrogens is 1. The molecule has 1 saturated heterocycles. The van der Waals surface area contributed by atoms with Gasteiger partial charge in [-0.25, -0.2) is 8.42 Å². The molecule has 8 nitrogen and oxygen atoms in total. The summed E-state index contributed by atoms with van der Waals surface area (Å²) in [5.74, 6) is -1.08. The van der Waals surface area contributed by atoms with Crippen molar-refractivity contribution in [1.29, 1.82) is 0 Å². The monoisotopic (exact) mass is 474 g/mol. The zero-order chi connectivity index (χ0) is 19.6. The van der Waals surface area contributed by atoms with E-state index in [2.05, 4.69) is 26.8 Å². The number of hydrazine groups is 1. The lowest BCUT2D eigenvalue weighted by molar-refractivity contribution is -0.126. The van der Waals surface area contributed by atoms with Crippen LogP contribution in [0.5, 0.6) is 0 Å². The molecule has 3 rings (SSSR count). The first-order valence-electron chi connectivity index (χ1n) is 8.25. The molecule has 3 heterocycles. The summed E-state index contributed by atoms with van der Waals surface area (Å²) in [7, 11) is -1.76. The van der Waals surface area contributed by atoms with Crippen molar-refractivity contribution in [3.8, 4) is 0 Å². The molecule has 0 aromatic carbocycles. The van der Waals surface area contributed by atoms with Gasteiger partial charge in [0.2, 0.25) is 5.91 Å². The number of hydrogen-bond donors (Lipinski definition) is 2. The van der Waals surface area contributed by atoms with Crippen molar-refractivity contribution in [2.75, 3.05) is 13.1 Å². The minimum Gasteiger partial charge on any atom is -0.345 e. The van der Waals surface area contributed by atoms with E-state index < -0.39 is 15.9 Å². The molecule has 0 atom stereocenters. The van der Waals surface area contributed by atoms with Crippen LogP contribution >= 0.6 is 27.3 Å². The Bertz CT molecular complexity index is 932. The van der Waals surface area contributed by atoms with Crippen molar-refractivity contribution in [2.24, 2.45) is 13.0 Å². The van der Waals surface area contributed by atoms with E-state index in [1.165, 1.54) is 15.6 Å². The minimum absolute atomic E-state index is 0.275. The maximum atomic E-state index is 12.5. The average molecular weight is 475 g/mol. The van der Waals surface area contributed by atoms with Crippen molar-refractivity contribution in [1.82, 2.24) is 19.7 Å². The lowest BCUT2D eigenvalue weighted by Crippen LogP contribution is -2.48. The largest absolute Gasteiger partial charge is 0.345 e. The van der Waals surface area contributed by atoms with E-state index >= 15 is 0 Å². The van der Waals surface area contributed by atoms with Crippen LogP contribution in [-0.2, 0) is 21.9 Å². The van der Waals surface area contributed by atoms with E-state index in [0.717, 1.165) is 4.47 Å². The quantitative estimate of drug-likeness (QED) is 0.658. The number of hydrogen-bond acceptors (Lipinski definition) is 5. The third-order valence-electron chi connectivity index (χ3n) is 4.42. The molecule has 2 aromatic heterocycles. The summed E-state index contributed by atoms with van der Waals surface area (Å²) < 4.78 is 29.1. The average Bonchev–Trinajstić information content (AvgIpc) is 3.29. The maximum absolute atomic E-state index is 12.5. The van der Waals surface area contributed by atoms with Gasteiger partial charge in [0.1, 0.15) is 9.90 Å². The number of carbonyl (C=O) groups excluding carboxylic acids is 2. The third kappa shape index (κ3) is 4.42. The summed E-state index contributed by atoms with van der Waals surface area (Å²) in [6, 6.07) is 4.93. The standard InChI is InChI=1S/C16H19BrN4O4S2/c1-20-10-12(17)9-13(20)16(23)19-18-15(22)11-4-6-21(7-5-11)27(24,25)14-3-2-8-26-14/h2-3,8-11H,4-7H2,1H3,(H,18,22)(H,19,23). The molecule has 0 spiro atoms. The first-order valence-corrected chi connectivity index (χ1v) is 11.4. The summed E-state index contributed by atoms with van der Waals surface area (Å²) in [5, 5.41) is 1.72. The lowest BCUT2D eigenvalue weighted by atomic mass is 9.98. The molecule has 0 radical (unpaired) electrons. The molecule has 1 aliphatic heterocycles. The highest BCUT2D eigenvalue weighted by Gasteiger charge is 2.32. The van der Waals surface area contributed by atoms with Crippen LogP contribution < -0.4 is 10.9 Å². The van der Waals surface area contributed by atoms with Gasteiger partial charge in [0.25, 0.3) is 15.9 Å². The Morgan fingerprint density at radius 3 is 2.52 bits per heavy atom. The predicted octanol–water partition coefficient (Wildman–Crippen LogP) is 1.71. The molecule has 1 fully saturated rings. The molecule has 2 aromatic rings. The fraction of sp³-hybridized carbons (Fsp3) is 0.375. The second kappa shape index (κ2) is 8.13. The van der Waals surface area contributed by atoms with E-state index in [1.54, 1.807) is 41.4 Å². The second-order valence-corrected chi connectivity index (χ2v) is 10.2. The number of aryl methyl sites for hydroxylation is 1. The first-order chi connectivity index (χ1) is 12.8. The van der Waals surface area contributed by atoms with Gasteiger partial charge < -0.3 is 4.57 Å². The van der Waals surface area contributed by atoms with Crippen molar-refractivity contribution < 1.29 is 18.0 Å². The van der Waals surface area contributed by atoms with Crippen molar-refractivity contribution >= 4 is 49.1 Å². The number of halogens is 1. The van der Waals surface area contributed by atoms with Gasteiger partial charge in [-0.1, -0.05) is 6.07 Å². The molecule has 0 unspecified atom stereocenters. The van der Waals surface area contributed by atoms with Gasteiger partial charge in [0.15, 0.2) is 0 Å². The van der Waals surface area contributed by atoms with Crippen molar-refractivity contribution in [3.05, 3.63) is 39.9 Å². The van der Waals surface area contributed by atoms with Crippen LogP contribution in [0.1, 0.15) is 23.3 Å². The molecule has 2 N–H and O–H groups in total. The van der Waals surface area contributed by atoms with E-state index in [9.17, 15) is 18.0 Å². The SMILES string of the molecule is Cn1cc(Br)cc1C(=O)NNC(=O)C1CCN(S(=O)(=O)c2cccs2)CC1. The Balaban J connectivity index is 1.51. The van der Waals surface area contributed by atoms with Crippen LogP contribution in [0.15, 0.2) is 38.5 Å². The summed E-state index contributed by atoms with van der Waals surface area (Å²) in [5.41, 5.74) is 5.24. The Morgan fingerprint density at radius 2 is 1.96 bits per heavy atom. The fourth-order valence-electron chi connectivity index (χ4n) is 2.93. The molecule has 0 bridgehead atoms. The predicted molar refractivity (Wildman–Crippen MR) is 105 cm³/mol. The van der Waals surface area contributed by atoms with E-state index in [1.807, 2.05) is 0 Å². The van der Waals surface area contributed by atoms with Gasteiger partial charge in [-0.3, -0.25) is 20.4 Å². The highest BCUT2D eigenvalue weighted by Crippen LogP contribution is 2.26. The van der Waals surface area contributed by atoms with Crippen LogP contribution in [0.25, 0.3) is 0 Å². The van der Waals surface area contributed by atoms with Crippen LogP contribution in [0.4, 0.5) is 0 Å². The normalized spacial score (nSPS) is 16.2. The van der Waals surface area contributed by atoms with Crippen LogP contribution in [-0.4, -0.2) is 42.2 Å². The fourth-order valence-corrected chi connectivity index (χ4v) is 6.07. The number of thiophene rings is 1. The van der Waals surface area contributed by atoms with Gasteiger partial charge in [0.05, 0.1) is 0 Å². The molecule has 11 heteroatoms. The van der Waals surface area contributed by atoms with Gasteiger partial charge in [-0.2, -0.15) is 4.31 Å². The molecule has 27 heavy (non-hydrogen) atoms. The smallest absolute Gasteiger partial charge is 0.286 e. The molecule has 0 saturated carbocycles. The number of nitrogens with one attached hydrogen (secondary N) is 2. The van der Waals surface area contributed by atoms with Crippen molar-refractivity contribution in [3.63, 3.8) is 0 Å². The number of carbonyl (C=O) groups is 2. The molecular weight excluding hydrogens is 456 g/mol. The molecule has 2 amide bonds. The van der Waals surface area contributed by atoms with Crippen LogP contribution in [0.2, 0.25) is 0 Å². The first kappa shape index (κ1) is 20.1. The lowest BCUT2D eigenvalue weighted by Gasteiger charge is -2.30. The maximum Gasteiger partial charge on any atom is 0.286 e. The van der Waals surface area contributed by atoms with E-state index in [0.29, 0.717) is 22.7 Å². The van der Waals surface area contributed by atoms with Crippen molar-refractivity contribution in [2.45, 2.75) is 17.1 Å². The molecule has 1 aliphatic rings. The highest BCUT2D eigenvalue weighted by molar-refractivity contribution is 9.10. The number of sulfonamides is 1. The van der Waals surface area contributed by atoms with Gasteiger partial charge >= 0.3 is 0 Å². The molecular formula is C16H19BrN4O4S2. The second-order valence-electron chi connectivity index (χ2n) is 6.21. The third-order valence-corrected chi connectivity index (χ3v) is 8.12. The van der Waals surface area contributed by atoms with Gasteiger partial charge in [-0.15, -0.1) is 11.3 Å². The highest BCUT2D eigenvalue weighted by atomic mass is 79.9. The topological polar surface area (TPSA) is 101 Å². The van der Waals surface area contributed by atoms with Crippen LogP contribution in [0.3, 0.4) is 0 Å². The van der Waals surface area contributed by atoms with Gasteiger partial charge in [-0.05, 0) is 46.3 Å². The Hall–Kier alpha value is -1.69. The van der Waals surface area contributed by atoms with E-state index in [4.69, 9.17) is 0 Å². The zero-order valence-electron chi connectivity index (χ0n) is 14.5. The number of rotatable bonds is 4. The molecule has 0 aliphatic carbocycles. The van der Waals surface area contributed by atoms with E-state index in [-0.39, 0.29) is 24.9 Å². The summed E-state index contributed by atoms with van der Waals surface area (Å²) >= 11 is 4.47. The summed E-state index contributed by atoms with van der Waals surface area (Å²) in [6.45, 7) is 0.550. The molecule has 146 valence electrons. The summed E-state index contributed by atoms with van der Waals surface area (Å²) in [6.07, 6.45) is 2.55. The summed E-state index contributed by atoms with van der Waals surface area (Å²) in [4.78, 5) is 24.4. The Kier molecular flexibility index (Phi) is 6.04. The Labute approximate surface area is 169 Å². The zero-order valence-corrected chi connectivity index (χ0v) is 17.7. The number of nitrogens with zero attached hydrogens (tertiary/aromatic N) is 2.